The van der Waals surface area contributed by atoms with Crippen LogP contribution in [-0.4, -0.2) is 47.4 Å². The molecule has 2 atom stereocenters. The van der Waals surface area contributed by atoms with Crippen molar-refractivity contribution in [2.75, 3.05) is 26.8 Å². The van der Waals surface area contributed by atoms with Gasteiger partial charge in [0.25, 0.3) is 11.5 Å². The van der Waals surface area contributed by atoms with E-state index in [1.165, 1.54) is 28.8 Å². The quantitative estimate of drug-likeness (QED) is 0.720. The van der Waals surface area contributed by atoms with Gasteiger partial charge in [0, 0.05) is 39.4 Å². The number of aromatic nitrogens is 2. The monoisotopic (exact) mass is 412 g/mol. The van der Waals surface area contributed by atoms with E-state index >= 15 is 0 Å². The van der Waals surface area contributed by atoms with Crippen molar-refractivity contribution in [2.45, 2.75) is 39.9 Å². The molecular formula is C23H32N4O3. The molecule has 1 aromatic heterocycles. The first-order chi connectivity index (χ1) is 14.5. The fourth-order valence-corrected chi connectivity index (χ4v) is 4.22. The van der Waals surface area contributed by atoms with Crippen LogP contribution in [-0.2, 0) is 24.4 Å². The molecule has 0 radical (unpaired) electrons. The van der Waals surface area contributed by atoms with Crippen molar-refractivity contribution < 1.29 is 9.53 Å². The molecule has 0 bridgehead atoms. The number of hydrogen-bond donors (Lipinski definition) is 1. The van der Waals surface area contributed by atoms with E-state index < -0.39 is 0 Å². The lowest BCUT2D eigenvalue weighted by atomic mass is 9.91. The smallest absolute Gasteiger partial charge is 0.271 e. The molecule has 7 nitrogen and oxygen atoms in total. The van der Waals surface area contributed by atoms with Crippen molar-refractivity contribution in [3.8, 4) is 0 Å². The Labute approximate surface area is 178 Å². The minimum absolute atomic E-state index is 0.224. The van der Waals surface area contributed by atoms with Crippen LogP contribution in [0.1, 0.15) is 41.9 Å². The number of ether oxygens (including phenoxy) is 1. The van der Waals surface area contributed by atoms with Crippen LogP contribution in [0.4, 0.5) is 0 Å². The molecule has 0 unspecified atom stereocenters. The maximum absolute atomic E-state index is 12.6. The summed E-state index contributed by atoms with van der Waals surface area (Å²) in [4.78, 5) is 27.0. The molecule has 2 aromatic rings. The first-order valence-electron chi connectivity index (χ1n) is 10.6. The number of nitrogens with one attached hydrogen (secondary N) is 1. The lowest BCUT2D eigenvalue weighted by Gasteiger charge is -2.35. The van der Waals surface area contributed by atoms with Gasteiger partial charge >= 0.3 is 0 Å². The standard InChI is InChI=1S/C23H32N4O3/c1-17-12-18(2)15-26(14-17)16-20-7-5-4-6-19(20)13-24-23(29)21-8-9-22(28)27(25-21)10-11-30-3/h4-9,17-18H,10-16H2,1-3H3,(H,24,29)/t17-,18-/m0/s1. The summed E-state index contributed by atoms with van der Waals surface area (Å²) in [5, 5.41) is 7.11. The molecule has 1 aromatic carbocycles. The Kier molecular flexibility index (Phi) is 7.76. The van der Waals surface area contributed by atoms with Gasteiger partial charge in [0.05, 0.1) is 13.2 Å². The van der Waals surface area contributed by atoms with E-state index in [1.807, 2.05) is 12.1 Å². The molecule has 1 amide bonds. The highest BCUT2D eigenvalue weighted by atomic mass is 16.5. The zero-order valence-electron chi connectivity index (χ0n) is 18.1. The number of likely N-dealkylation sites (tertiary alicyclic amines) is 1. The van der Waals surface area contributed by atoms with Gasteiger partial charge in [-0.05, 0) is 35.4 Å². The van der Waals surface area contributed by atoms with E-state index in [-0.39, 0.29) is 17.2 Å². The number of amides is 1. The lowest BCUT2D eigenvalue weighted by molar-refractivity contribution is 0.0942. The van der Waals surface area contributed by atoms with Crippen LogP contribution in [0, 0.1) is 11.8 Å². The molecule has 1 saturated heterocycles. The first-order valence-corrected chi connectivity index (χ1v) is 10.6. The Bertz CT molecular complexity index is 901. The number of rotatable bonds is 8. The van der Waals surface area contributed by atoms with Gasteiger partial charge in [0.1, 0.15) is 5.69 Å². The topological polar surface area (TPSA) is 76.5 Å². The molecular weight excluding hydrogens is 380 g/mol. The molecule has 7 heteroatoms. The summed E-state index contributed by atoms with van der Waals surface area (Å²) in [7, 11) is 1.56. The molecule has 162 valence electrons. The fraction of sp³-hybridized carbons (Fsp3) is 0.522. The third-order valence-electron chi connectivity index (χ3n) is 5.50. The van der Waals surface area contributed by atoms with Crippen molar-refractivity contribution in [1.29, 1.82) is 0 Å². The summed E-state index contributed by atoms with van der Waals surface area (Å²) in [6.45, 7) is 8.83. The highest BCUT2D eigenvalue weighted by molar-refractivity contribution is 5.91. The van der Waals surface area contributed by atoms with E-state index in [9.17, 15) is 9.59 Å². The number of carbonyl (C=O) groups is 1. The third kappa shape index (κ3) is 6.00. The highest BCUT2D eigenvalue weighted by Crippen LogP contribution is 2.23. The Morgan fingerprint density at radius 2 is 1.83 bits per heavy atom. The summed E-state index contributed by atoms with van der Waals surface area (Å²) < 4.78 is 6.25. The predicted molar refractivity (Wildman–Crippen MR) is 116 cm³/mol. The van der Waals surface area contributed by atoms with Crippen molar-refractivity contribution in [1.82, 2.24) is 20.0 Å². The molecule has 1 aliphatic heterocycles. The van der Waals surface area contributed by atoms with E-state index in [1.54, 1.807) is 7.11 Å². The zero-order chi connectivity index (χ0) is 21.5. The van der Waals surface area contributed by atoms with Crippen LogP contribution >= 0.6 is 0 Å². The van der Waals surface area contributed by atoms with Crippen LogP contribution in [0.15, 0.2) is 41.2 Å². The summed E-state index contributed by atoms with van der Waals surface area (Å²) in [5.41, 5.74) is 2.31. The van der Waals surface area contributed by atoms with Crippen LogP contribution in [0.5, 0.6) is 0 Å². The maximum atomic E-state index is 12.6. The minimum atomic E-state index is -0.295. The van der Waals surface area contributed by atoms with Gasteiger partial charge in [-0.25, -0.2) is 4.68 Å². The molecule has 0 aliphatic carbocycles. The second-order valence-corrected chi connectivity index (χ2v) is 8.36. The number of benzene rings is 1. The van der Waals surface area contributed by atoms with Crippen molar-refractivity contribution in [2.24, 2.45) is 11.8 Å². The van der Waals surface area contributed by atoms with Gasteiger partial charge in [0.15, 0.2) is 0 Å². The maximum Gasteiger partial charge on any atom is 0.271 e. The Morgan fingerprint density at radius 1 is 1.13 bits per heavy atom. The molecule has 30 heavy (non-hydrogen) atoms. The molecule has 2 heterocycles. The first kappa shape index (κ1) is 22.2. The number of hydrogen-bond acceptors (Lipinski definition) is 5. The second-order valence-electron chi connectivity index (χ2n) is 8.36. The average Bonchev–Trinajstić information content (AvgIpc) is 2.71. The predicted octanol–water partition coefficient (Wildman–Crippen LogP) is 2.30. The van der Waals surface area contributed by atoms with Gasteiger partial charge in [-0.2, -0.15) is 5.10 Å². The van der Waals surface area contributed by atoms with E-state index in [0.29, 0.717) is 31.5 Å². The van der Waals surface area contributed by atoms with Gasteiger partial charge in [-0.3, -0.25) is 14.5 Å². The van der Waals surface area contributed by atoms with Gasteiger partial charge < -0.3 is 10.1 Å². The number of piperidine rings is 1. The summed E-state index contributed by atoms with van der Waals surface area (Å²) >= 11 is 0. The molecule has 0 saturated carbocycles. The highest BCUT2D eigenvalue weighted by Gasteiger charge is 2.22. The Balaban J connectivity index is 1.65. The number of nitrogens with zero attached hydrogens (tertiary/aromatic N) is 3. The van der Waals surface area contributed by atoms with E-state index in [2.05, 4.69) is 41.3 Å². The SMILES string of the molecule is COCCn1nc(C(=O)NCc2ccccc2CN2C[C@@H](C)C[C@H](C)C2)ccc1=O. The summed E-state index contributed by atoms with van der Waals surface area (Å²) in [5.74, 6) is 1.12. The second kappa shape index (κ2) is 10.5. The third-order valence-corrected chi connectivity index (χ3v) is 5.50. The van der Waals surface area contributed by atoms with Crippen molar-refractivity contribution in [3.05, 3.63) is 63.6 Å². The minimum Gasteiger partial charge on any atom is -0.383 e. The van der Waals surface area contributed by atoms with Crippen LogP contribution in [0.25, 0.3) is 0 Å². The van der Waals surface area contributed by atoms with Crippen LogP contribution < -0.4 is 10.9 Å². The molecule has 1 N–H and O–H groups in total. The van der Waals surface area contributed by atoms with Gasteiger partial charge in [-0.1, -0.05) is 38.1 Å². The zero-order valence-corrected chi connectivity index (χ0v) is 18.1. The van der Waals surface area contributed by atoms with Crippen molar-refractivity contribution >= 4 is 5.91 Å². The molecule has 1 aliphatic rings. The summed E-state index contributed by atoms with van der Waals surface area (Å²) in [6.07, 6.45) is 1.29. The van der Waals surface area contributed by atoms with E-state index in [4.69, 9.17) is 4.74 Å². The normalized spacial score (nSPS) is 19.6. The molecule has 3 rings (SSSR count). The van der Waals surface area contributed by atoms with Crippen LogP contribution in [0.2, 0.25) is 0 Å². The molecule has 1 fully saturated rings. The summed E-state index contributed by atoms with van der Waals surface area (Å²) in [6, 6.07) is 11.1. The van der Waals surface area contributed by atoms with Gasteiger partial charge in [0.2, 0.25) is 0 Å². The lowest BCUT2D eigenvalue weighted by Crippen LogP contribution is -2.38. The van der Waals surface area contributed by atoms with Crippen molar-refractivity contribution in [3.63, 3.8) is 0 Å². The number of methoxy groups -OCH3 is 1. The van der Waals surface area contributed by atoms with Crippen LogP contribution in [0.3, 0.4) is 0 Å². The Morgan fingerprint density at radius 3 is 2.53 bits per heavy atom. The largest absolute Gasteiger partial charge is 0.383 e. The fourth-order valence-electron chi connectivity index (χ4n) is 4.22. The van der Waals surface area contributed by atoms with Gasteiger partial charge in [-0.15, -0.1) is 0 Å². The average molecular weight is 413 g/mol. The molecule has 0 spiro atoms. The number of carbonyl (C=O) groups excluding carboxylic acids is 1. The Hall–Kier alpha value is -2.51. The van der Waals surface area contributed by atoms with E-state index in [0.717, 1.165) is 25.2 Å².